The third-order valence-electron chi connectivity index (χ3n) is 2.65. The number of hydrogen-bond donors (Lipinski definition) is 3. The van der Waals surface area contributed by atoms with Crippen molar-refractivity contribution in [2.45, 2.75) is 32.9 Å². The Hall–Kier alpha value is -1.56. The Balaban J connectivity index is 2.47. The summed E-state index contributed by atoms with van der Waals surface area (Å²) >= 11 is 3.35. The number of rotatable bonds is 6. The molecule has 0 aromatic heterocycles. The fourth-order valence-corrected chi connectivity index (χ4v) is 2.18. The SMILES string of the molecule is CC(C)C[C@H](NC(=O)NCc1cccc(Br)c1)C(=O)O. The zero-order valence-electron chi connectivity index (χ0n) is 11.5. The average molecular weight is 343 g/mol. The van der Waals surface area contributed by atoms with E-state index in [0.29, 0.717) is 13.0 Å². The topological polar surface area (TPSA) is 78.4 Å². The molecule has 1 aromatic rings. The number of carboxylic acids is 1. The van der Waals surface area contributed by atoms with Crippen molar-refractivity contribution in [1.29, 1.82) is 0 Å². The molecule has 5 nitrogen and oxygen atoms in total. The van der Waals surface area contributed by atoms with E-state index >= 15 is 0 Å². The third-order valence-corrected chi connectivity index (χ3v) is 3.15. The number of halogens is 1. The van der Waals surface area contributed by atoms with Crippen LogP contribution >= 0.6 is 15.9 Å². The minimum absolute atomic E-state index is 0.196. The Bertz CT molecular complexity index is 477. The summed E-state index contributed by atoms with van der Waals surface area (Å²) in [6.07, 6.45) is 0.402. The van der Waals surface area contributed by atoms with E-state index in [1.165, 1.54) is 0 Å². The van der Waals surface area contributed by atoms with Crippen LogP contribution in [0.1, 0.15) is 25.8 Å². The smallest absolute Gasteiger partial charge is 0.326 e. The summed E-state index contributed by atoms with van der Waals surface area (Å²) in [7, 11) is 0. The summed E-state index contributed by atoms with van der Waals surface area (Å²) in [4.78, 5) is 22.7. The van der Waals surface area contributed by atoms with E-state index in [0.717, 1.165) is 10.0 Å². The highest BCUT2D eigenvalue weighted by Crippen LogP contribution is 2.11. The largest absolute Gasteiger partial charge is 0.480 e. The van der Waals surface area contributed by atoms with Gasteiger partial charge < -0.3 is 15.7 Å². The monoisotopic (exact) mass is 342 g/mol. The van der Waals surface area contributed by atoms with Crippen LogP contribution in [0.4, 0.5) is 4.79 Å². The second-order valence-electron chi connectivity index (χ2n) is 4.98. The molecule has 20 heavy (non-hydrogen) atoms. The summed E-state index contributed by atoms with van der Waals surface area (Å²) < 4.78 is 0.931. The highest BCUT2D eigenvalue weighted by Gasteiger charge is 2.20. The maximum absolute atomic E-state index is 11.7. The molecule has 1 rings (SSSR count). The molecule has 6 heteroatoms. The Labute approximate surface area is 126 Å². The second kappa shape index (κ2) is 7.89. The number of aliphatic carboxylic acids is 1. The zero-order valence-corrected chi connectivity index (χ0v) is 13.1. The van der Waals surface area contributed by atoms with E-state index in [1.54, 1.807) is 0 Å². The summed E-state index contributed by atoms with van der Waals surface area (Å²) in [6, 6.07) is 6.21. The van der Waals surface area contributed by atoms with Crippen molar-refractivity contribution in [3.05, 3.63) is 34.3 Å². The second-order valence-corrected chi connectivity index (χ2v) is 5.89. The van der Waals surface area contributed by atoms with Gasteiger partial charge in [-0.05, 0) is 30.0 Å². The first-order valence-corrected chi connectivity index (χ1v) is 7.19. The average Bonchev–Trinajstić information content (AvgIpc) is 2.35. The number of urea groups is 1. The number of benzene rings is 1. The number of carbonyl (C=O) groups is 2. The molecule has 0 spiro atoms. The van der Waals surface area contributed by atoms with E-state index in [4.69, 9.17) is 5.11 Å². The van der Waals surface area contributed by atoms with Gasteiger partial charge in [-0.1, -0.05) is 41.9 Å². The number of carboxylic acid groups (broad SMARTS) is 1. The van der Waals surface area contributed by atoms with Crippen molar-refractivity contribution in [1.82, 2.24) is 10.6 Å². The van der Waals surface area contributed by atoms with Crippen LogP contribution in [0.3, 0.4) is 0 Å². The Morgan fingerprint density at radius 3 is 2.60 bits per heavy atom. The van der Waals surface area contributed by atoms with E-state index in [-0.39, 0.29) is 5.92 Å². The van der Waals surface area contributed by atoms with Crippen molar-refractivity contribution in [2.24, 2.45) is 5.92 Å². The predicted molar refractivity (Wildman–Crippen MR) is 80.4 cm³/mol. The fraction of sp³-hybridized carbons (Fsp3) is 0.429. The molecular formula is C14H19BrN2O3. The number of amides is 2. The molecule has 0 aliphatic carbocycles. The molecule has 0 bridgehead atoms. The van der Waals surface area contributed by atoms with Crippen LogP contribution in [0.15, 0.2) is 28.7 Å². The summed E-state index contributed by atoms with van der Waals surface area (Å²) in [6.45, 7) is 4.17. The minimum Gasteiger partial charge on any atom is -0.480 e. The van der Waals surface area contributed by atoms with Gasteiger partial charge in [0, 0.05) is 11.0 Å². The van der Waals surface area contributed by atoms with Crippen molar-refractivity contribution in [3.8, 4) is 0 Å². The van der Waals surface area contributed by atoms with Gasteiger partial charge in [0.05, 0.1) is 0 Å². The van der Waals surface area contributed by atoms with E-state index < -0.39 is 18.0 Å². The molecule has 1 aromatic carbocycles. The molecule has 0 radical (unpaired) electrons. The van der Waals surface area contributed by atoms with Crippen molar-refractivity contribution in [2.75, 3.05) is 0 Å². The predicted octanol–water partition coefficient (Wildman–Crippen LogP) is 2.75. The van der Waals surface area contributed by atoms with Crippen LogP contribution < -0.4 is 10.6 Å². The number of hydrogen-bond acceptors (Lipinski definition) is 2. The van der Waals surface area contributed by atoms with Crippen LogP contribution in [-0.2, 0) is 11.3 Å². The molecule has 0 unspecified atom stereocenters. The maximum atomic E-state index is 11.7. The van der Waals surface area contributed by atoms with Gasteiger partial charge in [0.1, 0.15) is 6.04 Å². The first-order valence-electron chi connectivity index (χ1n) is 6.40. The van der Waals surface area contributed by atoms with Gasteiger partial charge in [-0.25, -0.2) is 9.59 Å². The summed E-state index contributed by atoms with van der Waals surface area (Å²) in [5.41, 5.74) is 0.935. The van der Waals surface area contributed by atoms with Gasteiger partial charge in [-0.2, -0.15) is 0 Å². The van der Waals surface area contributed by atoms with Crippen LogP contribution in [0, 0.1) is 5.92 Å². The van der Waals surface area contributed by atoms with Gasteiger partial charge in [0.15, 0.2) is 0 Å². The first kappa shape index (κ1) is 16.5. The standard InChI is InChI=1S/C14H19BrN2O3/c1-9(2)6-12(13(18)19)17-14(20)16-8-10-4-3-5-11(15)7-10/h3-5,7,9,12H,6,8H2,1-2H3,(H,18,19)(H2,16,17,20)/t12-/m0/s1. The number of carbonyl (C=O) groups excluding carboxylic acids is 1. The van der Waals surface area contributed by atoms with Gasteiger partial charge in [0.25, 0.3) is 0 Å². The van der Waals surface area contributed by atoms with Gasteiger partial charge >= 0.3 is 12.0 Å². The number of nitrogens with one attached hydrogen (secondary N) is 2. The summed E-state index contributed by atoms with van der Waals surface area (Å²) in [5.74, 6) is -0.821. The van der Waals surface area contributed by atoms with Gasteiger partial charge in [-0.3, -0.25) is 0 Å². The molecule has 2 amide bonds. The lowest BCUT2D eigenvalue weighted by molar-refractivity contribution is -0.139. The third kappa shape index (κ3) is 6.06. The van der Waals surface area contributed by atoms with Crippen LogP contribution in [-0.4, -0.2) is 23.1 Å². The van der Waals surface area contributed by atoms with E-state index in [1.807, 2.05) is 38.1 Å². The van der Waals surface area contributed by atoms with Crippen molar-refractivity contribution >= 4 is 27.9 Å². The van der Waals surface area contributed by atoms with Crippen molar-refractivity contribution in [3.63, 3.8) is 0 Å². The minimum atomic E-state index is -1.02. The molecule has 0 saturated carbocycles. The van der Waals surface area contributed by atoms with Crippen LogP contribution in [0.5, 0.6) is 0 Å². The van der Waals surface area contributed by atoms with Crippen molar-refractivity contribution < 1.29 is 14.7 Å². The van der Waals surface area contributed by atoms with Crippen LogP contribution in [0.25, 0.3) is 0 Å². The molecule has 110 valence electrons. The first-order chi connectivity index (χ1) is 9.38. The molecular weight excluding hydrogens is 324 g/mol. The molecule has 0 aliphatic rings. The maximum Gasteiger partial charge on any atom is 0.326 e. The van der Waals surface area contributed by atoms with E-state index in [9.17, 15) is 9.59 Å². The highest BCUT2D eigenvalue weighted by molar-refractivity contribution is 9.10. The Kier molecular flexibility index (Phi) is 6.51. The van der Waals surface area contributed by atoms with Gasteiger partial charge in [-0.15, -0.1) is 0 Å². The lowest BCUT2D eigenvalue weighted by atomic mass is 10.0. The molecule has 3 N–H and O–H groups in total. The lowest BCUT2D eigenvalue weighted by Crippen LogP contribution is -2.46. The molecule has 0 heterocycles. The highest BCUT2D eigenvalue weighted by atomic mass is 79.9. The van der Waals surface area contributed by atoms with Crippen LogP contribution in [0.2, 0.25) is 0 Å². The normalized spacial score (nSPS) is 12.0. The van der Waals surface area contributed by atoms with Gasteiger partial charge in [0.2, 0.25) is 0 Å². The molecule has 1 atom stereocenters. The molecule has 0 saturated heterocycles. The summed E-state index contributed by atoms with van der Waals surface area (Å²) in [5, 5.41) is 14.2. The Morgan fingerprint density at radius 2 is 2.05 bits per heavy atom. The fourth-order valence-electron chi connectivity index (χ4n) is 1.73. The quantitative estimate of drug-likeness (QED) is 0.743. The molecule has 0 aliphatic heterocycles. The zero-order chi connectivity index (χ0) is 15.1. The molecule has 0 fully saturated rings. The Morgan fingerprint density at radius 1 is 1.35 bits per heavy atom. The van der Waals surface area contributed by atoms with E-state index in [2.05, 4.69) is 26.6 Å². The lowest BCUT2D eigenvalue weighted by Gasteiger charge is -2.17.